The van der Waals surface area contributed by atoms with Crippen LogP contribution in [-0.2, 0) is 0 Å². The Morgan fingerprint density at radius 2 is 1.74 bits per heavy atom. The van der Waals surface area contributed by atoms with Crippen molar-refractivity contribution in [2.75, 3.05) is 6.61 Å². The van der Waals surface area contributed by atoms with E-state index in [9.17, 15) is 9.90 Å². The quantitative estimate of drug-likeness (QED) is 0.618. The van der Waals surface area contributed by atoms with E-state index in [0.717, 1.165) is 33.8 Å². The van der Waals surface area contributed by atoms with E-state index in [2.05, 4.69) is 11.1 Å². The van der Waals surface area contributed by atoms with Crippen LogP contribution in [-0.4, -0.2) is 22.7 Å². The minimum Gasteiger partial charge on any atom is -0.493 e. The van der Waals surface area contributed by atoms with E-state index in [1.807, 2.05) is 55.5 Å². The first-order valence-corrected chi connectivity index (χ1v) is 9.34. The number of ether oxygens (including phenoxy) is 1. The highest BCUT2D eigenvalue weighted by atomic mass is 32.1. The van der Waals surface area contributed by atoms with Crippen LogP contribution in [0.4, 0.5) is 0 Å². The third-order valence-corrected chi connectivity index (χ3v) is 4.90. The van der Waals surface area contributed by atoms with Crippen LogP contribution in [0.3, 0.4) is 0 Å². The molecule has 1 heterocycles. The second kappa shape index (κ2) is 8.47. The van der Waals surface area contributed by atoms with E-state index in [1.165, 1.54) is 0 Å². The number of nitriles is 1. The molecule has 6 heteroatoms. The molecule has 0 saturated heterocycles. The van der Waals surface area contributed by atoms with Crippen molar-refractivity contribution in [2.24, 2.45) is 5.92 Å². The van der Waals surface area contributed by atoms with E-state index >= 15 is 0 Å². The Morgan fingerprint density at radius 3 is 2.33 bits per heavy atom. The van der Waals surface area contributed by atoms with Crippen molar-refractivity contribution in [1.82, 2.24) is 4.98 Å². The lowest BCUT2D eigenvalue weighted by Crippen LogP contribution is -2.07. The molecule has 2 aromatic carbocycles. The zero-order chi connectivity index (χ0) is 19.2. The fraction of sp³-hybridized carbons (Fsp3) is 0.190. The summed E-state index contributed by atoms with van der Waals surface area (Å²) < 4.78 is 5.70. The molecule has 0 spiro atoms. The fourth-order valence-corrected chi connectivity index (χ4v) is 3.27. The van der Waals surface area contributed by atoms with E-state index < -0.39 is 5.97 Å². The predicted octanol–water partition coefficient (Wildman–Crippen LogP) is 5.10. The molecule has 0 amide bonds. The van der Waals surface area contributed by atoms with Crippen LogP contribution in [0.15, 0.2) is 54.0 Å². The van der Waals surface area contributed by atoms with Crippen LogP contribution >= 0.6 is 11.3 Å². The van der Waals surface area contributed by atoms with Gasteiger partial charge in [0.2, 0.25) is 0 Å². The summed E-state index contributed by atoms with van der Waals surface area (Å²) in [5.74, 6) is 0.00798. The molecule has 0 aliphatic carbocycles. The number of hydrogen-bond donors (Lipinski definition) is 1. The van der Waals surface area contributed by atoms with Gasteiger partial charge < -0.3 is 9.84 Å². The van der Waals surface area contributed by atoms with Gasteiger partial charge in [-0.2, -0.15) is 5.26 Å². The van der Waals surface area contributed by atoms with Gasteiger partial charge in [0, 0.05) is 17.9 Å². The van der Waals surface area contributed by atoms with Crippen LogP contribution in [0.1, 0.15) is 23.0 Å². The Morgan fingerprint density at radius 1 is 1.15 bits per heavy atom. The highest BCUT2D eigenvalue weighted by Crippen LogP contribution is 2.29. The number of aromatic carboxylic acids is 1. The first-order valence-electron chi connectivity index (χ1n) is 8.46. The molecule has 1 N–H and O–H groups in total. The maximum Gasteiger partial charge on any atom is 0.348 e. The van der Waals surface area contributed by atoms with E-state index in [4.69, 9.17) is 10.00 Å². The molecule has 5 nitrogen and oxygen atoms in total. The number of carboxylic acid groups (broad SMARTS) is 1. The topological polar surface area (TPSA) is 83.2 Å². The molecule has 0 aliphatic heterocycles. The lowest BCUT2D eigenvalue weighted by atomic mass is 10.0. The van der Waals surface area contributed by atoms with Crippen molar-refractivity contribution >= 4 is 17.3 Å². The average molecular weight is 378 g/mol. The lowest BCUT2D eigenvalue weighted by molar-refractivity contribution is 0.0702. The van der Waals surface area contributed by atoms with Crippen LogP contribution in [0, 0.1) is 17.2 Å². The number of aromatic nitrogens is 1. The Kier molecular flexibility index (Phi) is 5.84. The molecule has 27 heavy (non-hydrogen) atoms. The van der Waals surface area contributed by atoms with Crippen LogP contribution < -0.4 is 4.74 Å². The molecule has 1 atom stereocenters. The minimum atomic E-state index is -0.962. The van der Waals surface area contributed by atoms with E-state index in [0.29, 0.717) is 18.7 Å². The number of thiazole rings is 1. The lowest BCUT2D eigenvalue weighted by Gasteiger charge is -2.11. The second-order valence-corrected chi connectivity index (χ2v) is 7.07. The zero-order valence-electron chi connectivity index (χ0n) is 14.8. The minimum absolute atomic E-state index is 0.198. The summed E-state index contributed by atoms with van der Waals surface area (Å²) in [6.45, 7) is 2.50. The van der Waals surface area contributed by atoms with Crippen molar-refractivity contribution in [3.63, 3.8) is 0 Å². The molecular formula is C21H18N2O3S. The van der Waals surface area contributed by atoms with Gasteiger partial charge in [-0.25, -0.2) is 9.78 Å². The molecule has 1 aromatic heterocycles. The van der Waals surface area contributed by atoms with Crippen LogP contribution in [0.2, 0.25) is 0 Å². The maximum absolute atomic E-state index is 11.3. The maximum atomic E-state index is 11.3. The highest BCUT2D eigenvalue weighted by molar-refractivity contribution is 7.12. The molecular weight excluding hydrogens is 360 g/mol. The summed E-state index contributed by atoms with van der Waals surface area (Å²) in [7, 11) is 0. The standard InChI is InChI=1S/C21H18N2O3S/c1-14(10-11-22)12-26-18-8-6-16(7-9-18)15-2-4-17(5-3-15)19-20(21(24)25)27-13-23-19/h2-9,13-14H,10,12H2,1H3,(H,24,25). The monoisotopic (exact) mass is 378 g/mol. The van der Waals surface area contributed by atoms with Gasteiger partial charge in [0.15, 0.2) is 0 Å². The van der Waals surface area contributed by atoms with Gasteiger partial charge in [-0.05, 0) is 23.3 Å². The van der Waals surface area contributed by atoms with Crippen molar-refractivity contribution in [3.05, 3.63) is 58.9 Å². The van der Waals surface area contributed by atoms with Gasteiger partial charge in [0.05, 0.1) is 23.9 Å². The van der Waals surface area contributed by atoms with Crippen molar-refractivity contribution in [3.8, 4) is 34.2 Å². The van der Waals surface area contributed by atoms with Gasteiger partial charge in [0.1, 0.15) is 10.6 Å². The number of benzene rings is 2. The SMILES string of the molecule is CC(CC#N)COc1ccc(-c2ccc(-c3ncsc3C(=O)O)cc2)cc1. The molecule has 0 saturated carbocycles. The Labute approximate surface area is 161 Å². The van der Waals surface area contributed by atoms with E-state index in [-0.39, 0.29) is 10.8 Å². The number of rotatable bonds is 7. The van der Waals surface area contributed by atoms with Gasteiger partial charge in [-0.3, -0.25) is 0 Å². The number of hydrogen-bond acceptors (Lipinski definition) is 5. The highest BCUT2D eigenvalue weighted by Gasteiger charge is 2.15. The molecule has 3 aromatic rings. The van der Waals surface area contributed by atoms with Gasteiger partial charge in [0.25, 0.3) is 0 Å². The van der Waals surface area contributed by atoms with Crippen molar-refractivity contribution in [2.45, 2.75) is 13.3 Å². The summed E-state index contributed by atoms with van der Waals surface area (Å²) in [6, 6.07) is 17.6. The first-order chi connectivity index (χ1) is 13.1. The van der Waals surface area contributed by atoms with Crippen LogP contribution in [0.5, 0.6) is 5.75 Å². The van der Waals surface area contributed by atoms with Gasteiger partial charge >= 0.3 is 5.97 Å². The largest absolute Gasteiger partial charge is 0.493 e. The number of nitrogens with zero attached hydrogens (tertiary/aromatic N) is 2. The molecule has 0 fully saturated rings. The van der Waals surface area contributed by atoms with E-state index in [1.54, 1.807) is 5.51 Å². The molecule has 0 aliphatic rings. The Balaban J connectivity index is 1.71. The number of carboxylic acids is 1. The molecule has 0 bridgehead atoms. The summed E-state index contributed by atoms with van der Waals surface area (Å²) >= 11 is 1.12. The predicted molar refractivity (Wildman–Crippen MR) is 105 cm³/mol. The van der Waals surface area contributed by atoms with Gasteiger partial charge in [-0.15, -0.1) is 11.3 Å². The van der Waals surface area contributed by atoms with Crippen LogP contribution in [0.25, 0.3) is 22.4 Å². The van der Waals surface area contributed by atoms with Crippen molar-refractivity contribution < 1.29 is 14.6 Å². The summed E-state index contributed by atoms with van der Waals surface area (Å²) in [5.41, 5.74) is 4.88. The summed E-state index contributed by atoms with van der Waals surface area (Å²) in [6.07, 6.45) is 0.479. The molecule has 3 rings (SSSR count). The third kappa shape index (κ3) is 4.52. The smallest absolute Gasteiger partial charge is 0.348 e. The van der Waals surface area contributed by atoms with Gasteiger partial charge in [-0.1, -0.05) is 43.3 Å². The number of carbonyl (C=O) groups is 1. The molecule has 0 radical (unpaired) electrons. The Hall–Kier alpha value is -3.17. The average Bonchev–Trinajstić information content (AvgIpc) is 3.17. The summed E-state index contributed by atoms with van der Waals surface area (Å²) in [5, 5.41) is 17.9. The third-order valence-electron chi connectivity index (χ3n) is 4.08. The normalized spacial score (nSPS) is 11.6. The fourth-order valence-electron chi connectivity index (χ4n) is 2.62. The zero-order valence-corrected chi connectivity index (χ0v) is 15.6. The first kappa shape index (κ1) is 18.6. The second-order valence-electron chi connectivity index (χ2n) is 6.22. The Bertz CT molecular complexity index is 956. The summed E-state index contributed by atoms with van der Waals surface area (Å²) in [4.78, 5) is 15.7. The molecule has 136 valence electrons. The van der Waals surface area contributed by atoms with Crippen molar-refractivity contribution in [1.29, 1.82) is 5.26 Å². The molecule has 1 unspecified atom stereocenters.